The summed E-state index contributed by atoms with van der Waals surface area (Å²) in [5.74, 6) is 0.217. The van der Waals surface area contributed by atoms with Crippen LogP contribution in [0.1, 0.15) is 12.5 Å². The Morgan fingerprint density at radius 1 is 1.19 bits per heavy atom. The number of ether oxygens (including phenoxy) is 2. The normalized spacial score (nSPS) is 14.4. The number of hydrogen-bond acceptors (Lipinski definition) is 6. The van der Waals surface area contributed by atoms with E-state index in [2.05, 4.69) is 9.62 Å². The maximum absolute atomic E-state index is 12.8. The van der Waals surface area contributed by atoms with Crippen LogP contribution in [0, 0.1) is 11.3 Å². The molecule has 0 aliphatic carbocycles. The SMILES string of the molecule is CCOc1ccc(C#N)cc1S(=O)(=O)Nc1ccc(N2CCOCC2)cc1. The van der Waals surface area contributed by atoms with Crippen LogP contribution in [0.3, 0.4) is 0 Å². The fraction of sp³-hybridized carbons (Fsp3) is 0.316. The molecule has 0 radical (unpaired) electrons. The van der Waals surface area contributed by atoms with Gasteiger partial charge < -0.3 is 14.4 Å². The highest BCUT2D eigenvalue weighted by molar-refractivity contribution is 7.92. The molecule has 0 amide bonds. The lowest BCUT2D eigenvalue weighted by atomic mass is 10.2. The van der Waals surface area contributed by atoms with E-state index in [-0.39, 0.29) is 16.2 Å². The molecule has 0 unspecified atom stereocenters. The lowest BCUT2D eigenvalue weighted by molar-refractivity contribution is 0.122. The summed E-state index contributed by atoms with van der Waals surface area (Å²) in [4.78, 5) is 2.13. The van der Waals surface area contributed by atoms with Gasteiger partial charge in [-0.05, 0) is 49.4 Å². The molecule has 1 N–H and O–H groups in total. The van der Waals surface area contributed by atoms with E-state index in [9.17, 15) is 8.42 Å². The maximum Gasteiger partial charge on any atom is 0.265 e. The van der Waals surface area contributed by atoms with Crippen molar-refractivity contribution in [1.29, 1.82) is 5.26 Å². The van der Waals surface area contributed by atoms with Crippen molar-refractivity contribution in [3.63, 3.8) is 0 Å². The molecule has 0 spiro atoms. The predicted octanol–water partition coefficient (Wildman–Crippen LogP) is 2.59. The smallest absolute Gasteiger partial charge is 0.265 e. The summed E-state index contributed by atoms with van der Waals surface area (Å²) in [6, 6.07) is 13.5. The largest absolute Gasteiger partial charge is 0.492 e. The van der Waals surface area contributed by atoms with Gasteiger partial charge in [0, 0.05) is 24.5 Å². The molecule has 0 saturated carbocycles. The monoisotopic (exact) mass is 387 g/mol. The number of nitrogens with one attached hydrogen (secondary N) is 1. The Kier molecular flexibility index (Phi) is 5.84. The number of nitrogens with zero attached hydrogens (tertiary/aromatic N) is 2. The number of sulfonamides is 1. The molecule has 0 aromatic heterocycles. The second kappa shape index (κ2) is 8.29. The Hall–Kier alpha value is -2.76. The van der Waals surface area contributed by atoms with Crippen LogP contribution >= 0.6 is 0 Å². The zero-order valence-electron chi connectivity index (χ0n) is 15.0. The molecule has 27 heavy (non-hydrogen) atoms. The van der Waals surface area contributed by atoms with Gasteiger partial charge in [-0.15, -0.1) is 0 Å². The average molecular weight is 387 g/mol. The van der Waals surface area contributed by atoms with Crippen LogP contribution in [0.25, 0.3) is 0 Å². The summed E-state index contributed by atoms with van der Waals surface area (Å²) in [5.41, 5.74) is 1.71. The minimum absolute atomic E-state index is 0.0549. The molecule has 3 rings (SSSR count). The highest BCUT2D eigenvalue weighted by Crippen LogP contribution is 2.28. The molecule has 2 aromatic carbocycles. The van der Waals surface area contributed by atoms with Crippen molar-refractivity contribution in [3.8, 4) is 11.8 Å². The first kappa shape index (κ1) is 19.0. The molecule has 1 aliphatic rings. The third-order valence-corrected chi connectivity index (χ3v) is 5.56. The van der Waals surface area contributed by atoms with E-state index < -0.39 is 10.0 Å². The Morgan fingerprint density at radius 3 is 2.52 bits per heavy atom. The molecule has 0 atom stereocenters. The molecule has 7 nitrogen and oxygen atoms in total. The molecule has 1 saturated heterocycles. The van der Waals surface area contributed by atoms with Crippen LogP contribution in [0.5, 0.6) is 5.75 Å². The first-order chi connectivity index (χ1) is 13.0. The summed E-state index contributed by atoms with van der Waals surface area (Å²) in [5, 5.41) is 9.07. The van der Waals surface area contributed by atoms with Gasteiger partial charge in [0.1, 0.15) is 10.6 Å². The van der Waals surface area contributed by atoms with Gasteiger partial charge in [0.15, 0.2) is 0 Å². The lowest BCUT2D eigenvalue weighted by Crippen LogP contribution is -2.36. The zero-order valence-corrected chi connectivity index (χ0v) is 15.8. The second-order valence-electron chi connectivity index (χ2n) is 5.96. The van der Waals surface area contributed by atoms with E-state index >= 15 is 0 Å². The number of hydrogen-bond donors (Lipinski definition) is 1. The van der Waals surface area contributed by atoms with Crippen LogP contribution in [0.2, 0.25) is 0 Å². The first-order valence-electron chi connectivity index (χ1n) is 8.66. The molecule has 2 aromatic rings. The minimum Gasteiger partial charge on any atom is -0.492 e. The van der Waals surface area contributed by atoms with Crippen molar-refractivity contribution in [2.45, 2.75) is 11.8 Å². The van der Waals surface area contributed by atoms with E-state index in [1.165, 1.54) is 18.2 Å². The number of nitriles is 1. The van der Waals surface area contributed by atoms with Gasteiger partial charge in [0.25, 0.3) is 10.0 Å². The summed E-state index contributed by atoms with van der Waals surface area (Å²) >= 11 is 0. The Balaban J connectivity index is 1.83. The van der Waals surface area contributed by atoms with Crippen LogP contribution in [-0.4, -0.2) is 41.3 Å². The fourth-order valence-electron chi connectivity index (χ4n) is 2.83. The molecule has 142 valence electrons. The van der Waals surface area contributed by atoms with E-state index in [0.29, 0.717) is 25.5 Å². The maximum atomic E-state index is 12.8. The number of anilines is 2. The third-order valence-electron chi connectivity index (χ3n) is 4.16. The standard InChI is InChI=1S/C19H21N3O4S/c1-2-26-18-8-3-15(14-20)13-19(18)27(23,24)21-16-4-6-17(7-5-16)22-9-11-25-12-10-22/h3-8,13,21H,2,9-12H2,1H3. The van der Waals surface area contributed by atoms with Crippen molar-refractivity contribution < 1.29 is 17.9 Å². The van der Waals surface area contributed by atoms with E-state index in [4.69, 9.17) is 14.7 Å². The van der Waals surface area contributed by atoms with Crippen LogP contribution in [0.4, 0.5) is 11.4 Å². The Labute approximate surface area is 159 Å². The van der Waals surface area contributed by atoms with Gasteiger partial charge in [-0.2, -0.15) is 5.26 Å². The van der Waals surface area contributed by atoms with Crippen molar-refractivity contribution in [2.24, 2.45) is 0 Å². The number of rotatable bonds is 6. The zero-order chi connectivity index (χ0) is 19.3. The topological polar surface area (TPSA) is 91.7 Å². The Bertz CT molecular complexity index is 930. The fourth-order valence-corrected chi connectivity index (χ4v) is 4.06. The molecule has 8 heteroatoms. The summed E-state index contributed by atoms with van der Waals surface area (Å²) < 4.78 is 39.0. The highest BCUT2D eigenvalue weighted by atomic mass is 32.2. The lowest BCUT2D eigenvalue weighted by Gasteiger charge is -2.28. The van der Waals surface area contributed by atoms with Crippen molar-refractivity contribution >= 4 is 21.4 Å². The van der Waals surface area contributed by atoms with Gasteiger partial charge in [-0.3, -0.25) is 4.72 Å². The molecule has 1 fully saturated rings. The summed E-state index contributed by atoms with van der Waals surface area (Å²) in [6.07, 6.45) is 0. The van der Waals surface area contributed by atoms with Crippen molar-refractivity contribution in [1.82, 2.24) is 0 Å². The van der Waals surface area contributed by atoms with Gasteiger partial charge in [0.2, 0.25) is 0 Å². The minimum atomic E-state index is -3.90. The first-order valence-corrected chi connectivity index (χ1v) is 10.1. The van der Waals surface area contributed by atoms with E-state index in [0.717, 1.165) is 18.8 Å². The predicted molar refractivity (Wildman–Crippen MR) is 103 cm³/mol. The van der Waals surface area contributed by atoms with Crippen LogP contribution in [0.15, 0.2) is 47.4 Å². The number of morpholine rings is 1. The van der Waals surface area contributed by atoms with E-state index in [1.54, 1.807) is 19.1 Å². The van der Waals surface area contributed by atoms with Crippen LogP contribution in [-0.2, 0) is 14.8 Å². The average Bonchev–Trinajstić information content (AvgIpc) is 2.69. The van der Waals surface area contributed by atoms with Crippen molar-refractivity contribution in [3.05, 3.63) is 48.0 Å². The van der Waals surface area contributed by atoms with Gasteiger partial charge >= 0.3 is 0 Å². The third kappa shape index (κ3) is 4.51. The second-order valence-corrected chi connectivity index (χ2v) is 7.61. The van der Waals surface area contributed by atoms with E-state index in [1.807, 2.05) is 18.2 Å². The van der Waals surface area contributed by atoms with Gasteiger partial charge in [-0.1, -0.05) is 0 Å². The molecule has 1 aliphatic heterocycles. The molecular formula is C19H21N3O4S. The van der Waals surface area contributed by atoms with Gasteiger partial charge in [0.05, 0.1) is 31.5 Å². The van der Waals surface area contributed by atoms with Crippen LogP contribution < -0.4 is 14.4 Å². The quantitative estimate of drug-likeness (QED) is 0.819. The van der Waals surface area contributed by atoms with Gasteiger partial charge in [-0.25, -0.2) is 8.42 Å². The summed E-state index contributed by atoms with van der Waals surface area (Å²) in [7, 11) is -3.90. The Morgan fingerprint density at radius 2 is 1.89 bits per heavy atom. The molecular weight excluding hydrogens is 366 g/mol. The van der Waals surface area contributed by atoms with Crippen molar-refractivity contribution in [2.75, 3.05) is 42.5 Å². The highest BCUT2D eigenvalue weighted by Gasteiger charge is 2.21. The summed E-state index contributed by atoms with van der Waals surface area (Å²) in [6.45, 7) is 5.08. The molecule has 0 bridgehead atoms. The number of benzene rings is 2. The molecule has 1 heterocycles.